The first-order valence-electron chi connectivity index (χ1n) is 6.31. The molecule has 0 bridgehead atoms. The Morgan fingerprint density at radius 2 is 2.14 bits per heavy atom. The number of imidazole rings is 1. The Morgan fingerprint density at radius 1 is 1.32 bits per heavy atom. The van der Waals surface area contributed by atoms with Crippen molar-refractivity contribution < 1.29 is 10.1 Å². The van der Waals surface area contributed by atoms with Crippen LogP contribution in [-0.4, -0.2) is 25.9 Å². The number of aromatic amines is 1. The summed E-state index contributed by atoms with van der Waals surface area (Å²) in [6.45, 7) is 0. The summed E-state index contributed by atoms with van der Waals surface area (Å²) >= 11 is 0. The molecule has 0 spiro atoms. The first-order chi connectivity index (χ1) is 10.6. The topological polar surface area (TPSA) is 130 Å². The van der Waals surface area contributed by atoms with E-state index in [2.05, 4.69) is 15.1 Å². The van der Waals surface area contributed by atoms with E-state index in [-0.39, 0.29) is 11.5 Å². The van der Waals surface area contributed by atoms with Crippen LogP contribution in [0.5, 0.6) is 0 Å². The van der Waals surface area contributed by atoms with Gasteiger partial charge in [-0.2, -0.15) is 0 Å². The van der Waals surface area contributed by atoms with Crippen LogP contribution in [-0.2, 0) is 0 Å². The van der Waals surface area contributed by atoms with Crippen LogP contribution in [0, 0.1) is 10.1 Å². The number of nitrogens with zero attached hydrogens (tertiary/aromatic N) is 3. The van der Waals surface area contributed by atoms with Crippen molar-refractivity contribution in [2.45, 2.75) is 0 Å². The number of oxime groups is 1. The van der Waals surface area contributed by atoms with E-state index in [1.54, 1.807) is 30.3 Å². The standard InChI is InChI=1S/C14H11N5O3/c15-13(18-20)8-2-1-3-9(6-8)14-16-11-5-4-10(19(21)22)7-12(11)17-14/h1-7,20H,(H2,15,18)(H,16,17). The van der Waals surface area contributed by atoms with Gasteiger partial charge in [0.1, 0.15) is 5.82 Å². The number of rotatable bonds is 3. The molecule has 0 amide bonds. The molecule has 0 aliphatic heterocycles. The van der Waals surface area contributed by atoms with Crippen molar-refractivity contribution in [2.75, 3.05) is 0 Å². The molecule has 3 aromatic rings. The smallest absolute Gasteiger partial charge is 0.271 e. The molecule has 0 radical (unpaired) electrons. The Kier molecular flexibility index (Phi) is 3.18. The molecule has 22 heavy (non-hydrogen) atoms. The Morgan fingerprint density at radius 3 is 2.86 bits per heavy atom. The Bertz CT molecular complexity index is 900. The van der Waals surface area contributed by atoms with Gasteiger partial charge in [0.05, 0.1) is 16.0 Å². The first-order valence-corrected chi connectivity index (χ1v) is 6.31. The minimum absolute atomic E-state index is 0.00593. The molecule has 1 heterocycles. The van der Waals surface area contributed by atoms with Crippen molar-refractivity contribution in [3.63, 3.8) is 0 Å². The Hall–Kier alpha value is -3.42. The lowest BCUT2D eigenvalue weighted by molar-refractivity contribution is -0.384. The van der Waals surface area contributed by atoms with Gasteiger partial charge in [0.25, 0.3) is 5.69 Å². The van der Waals surface area contributed by atoms with Gasteiger partial charge in [-0.25, -0.2) is 4.98 Å². The van der Waals surface area contributed by atoms with Crippen molar-refractivity contribution in [2.24, 2.45) is 10.9 Å². The van der Waals surface area contributed by atoms with Gasteiger partial charge in [-0.15, -0.1) is 0 Å². The summed E-state index contributed by atoms with van der Waals surface area (Å²) in [6, 6.07) is 11.4. The maximum atomic E-state index is 10.8. The van der Waals surface area contributed by atoms with E-state index in [4.69, 9.17) is 10.9 Å². The fourth-order valence-electron chi connectivity index (χ4n) is 2.13. The van der Waals surface area contributed by atoms with E-state index in [1.807, 2.05) is 0 Å². The molecule has 0 aliphatic carbocycles. The fraction of sp³-hybridized carbons (Fsp3) is 0. The van der Waals surface area contributed by atoms with Gasteiger partial charge in [-0.1, -0.05) is 23.4 Å². The van der Waals surface area contributed by atoms with Gasteiger partial charge in [0.15, 0.2) is 5.84 Å². The second kappa shape index (κ2) is 5.17. The number of hydrogen-bond donors (Lipinski definition) is 3. The normalized spacial score (nSPS) is 11.7. The quantitative estimate of drug-likeness (QED) is 0.224. The van der Waals surface area contributed by atoms with Crippen molar-refractivity contribution in [3.8, 4) is 11.4 Å². The lowest BCUT2D eigenvalue weighted by atomic mass is 10.1. The molecule has 0 atom stereocenters. The van der Waals surface area contributed by atoms with E-state index in [9.17, 15) is 10.1 Å². The van der Waals surface area contributed by atoms with E-state index in [0.717, 1.165) is 5.56 Å². The third kappa shape index (κ3) is 2.33. The minimum atomic E-state index is -0.459. The molecule has 8 heteroatoms. The minimum Gasteiger partial charge on any atom is -0.409 e. The van der Waals surface area contributed by atoms with Crippen LogP contribution in [0.15, 0.2) is 47.6 Å². The number of aromatic nitrogens is 2. The molecular formula is C14H11N5O3. The molecular weight excluding hydrogens is 286 g/mol. The number of non-ortho nitro benzene ring substituents is 1. The van der Waals surface area contributed by atoms with Crippen LogP contribution in [0.25, 0.3) is 22.4 Å². The summed E-state index contributed by atoms with van der Waals surface area (Å²) in [5, 5.41) is 22.5. The van der Waals surface area contributed by atoms with Crippen molar-refractivity contribution in [3.05, 3.63) is 58.1 Å². The molecule has 1 aromatic heterocycles. The summed E-state index contributed by atoms with van der Waals surface area (Å²) in [6.07, 6.45) is 0. The molecule has 2 aromatic carbocycles. The lowest BCUT2D eigenvalue weighted by Crippen LogP contribution is -2.12. The monoisotopic (exact) mass is 297 g/mol. The summed E-state index contributed by atoms with van der Waals surface area (Å²) in [7, 11) is 0. The third-order valence-electron chi connectivity index (χ3n) is 3.22. The molecule has 4 N–H and O–H groups in total. The number of benzene rings is 2. The predicted molar refractivity (Wildman–Crippen MR) is 80.7 cm³/mol. The molecule has 110 valence electrons. The highest BCUT2D eigenvalue weighted by atomic mass is 16.6. The van der Waals surface area contributed by atoms with Crippen LogP contribution in [0.3, 0.4) is 0 Å². The van der Waals surface area contributed by atoms with Gasteiger partial charge < -0.3 is 15.9 Å². The fourth-order valence-corrected chi connectivity index (χ4v) is 2.13. The number of amidine groups is 1. The highest BCUT2D eigenvalue weighted by Crippen LogP contribution is 2.24. The van der Waals surface area contributed by atoms with Crippen LogP contribution >= 0.6 is 0 Å². The average Bonchev–Trinajstić information content (AvgIpc) is 2.97. The van der Waals surface area contributed by atoms with Crippen molar-refractivity contribution >= 4 is 22.6 Å². The van der Waals surface area contributed by atoms with E-state index < -0.39 is 4.92 Å². The third-order valence-corrected chi connectivity index (χ3v) is 3.22. The van der Waals surface area contributed by atoms with Crippen molar-refractivity contribution in [1.82, 2.24) is 9.97 Å². The predicted octanol–water partition coefficient (Wildman–Crippen LogP) is 2.23. The zero-order valence-electron chi connectivity index (χ0n) is 11.2. The van der Waals surface area contributed by atoms with Crippen LogP contribution in [0.2, 0.25) is 0 Å². The van der Waals surface area contributed by atoms with Gasteiger partial charge in [0, 0.05) is 23.3 Å². The second-order valence-corrected chi connectivity index (χ2v) is 4.61. The summed E-state index contributed by atoms with van der Waals surface area (Å²) < 4.78 is 0. The zero-order valence-corrected chi connectivity index (χ0v) is 11.2. The number of nitro benzene ring substituents is 1. The van der Waals surface area contributed by atoms with E-state index >= 15 is 0 Å². The van der Waals surface area contributed by atoms with Crippen LogP contribution in [0.1, 0.15) is 5.56 Å². The van der Waals surface area contributed by atoms with E-state index in [0.29, 0.717) is 22.4 Å². The number of nitrogens with one attached hydrogen (secondary N) is 1. The molecule has 0 aliphatic rings. The molecule has 0 saturated heterocycles. The van der Waals surface area contributed by atoms with E-state index in [1.165, 1.54) is 12.1 Å². The molecule has 8 nitrogen and oxygen atoms in total. The lowest BCUT2D eigenvalue weighted by Gasteiger charge is -2.01. The molecule has 0 fully saturated rings. The van der Waals surface area contributed by atoms with Gasteiger partial charge >= 0.3 is 0 Å². The van der Waals surface area contributed by atoms with Crippen molar-refractivity contribution in [1.29, 1.82) is 0 Å². The van der Waals surface area contributed by atoms with Crippen LogP contribution in [0.4, 0.5) is 5.69 Å². The Labute approximate surface area is 124 Å². The number of hydrogen-bond acceptors (Lipinski definition) is 5. The highest BCUT2D eigenvalue weighted by Gasteiger charge is 2.11. The first kappa shape index (κ1) is 13.6. The average molecular weight is 297 g/mol. The van der Waals surface area contributed by atoms with Gasteiger partial charge in [-0.3, -0.25) is 10.1 Å². The maximum absolute atomic E-state index is 10.8. The maximum Gasteiger partial charge on any atom is 0.271 e. The number of nitro groups is 1. The van der Waals surface area contributed by atoms with Gasteiger partial charge in [-0.05, 0) is 12.1 Å². The zero-order chi connectivity index (χ0) is 15.7. The number of fused-ring (bicyclic) bond motifs is 1. The highest BCUT2D eigenvalue weighted by molar-refractivity contribution is 5.98. The number of nitrogens with two attached hydrogens (primary N) is 1. The molecule has 0 unspecified atom stereocenters. The molecule has 3 rings (SSSR count). The Balaban J connectivity index is 2.09. The second-order valence-electron chi connectivity index (χ2n) is 4.61. The number of H-pyrrole nitrogens is 1. The van der Waals surface area contributed by atoms with Gasteiger partial charge in [0.2, 0.25) is 0 Å². The summed E-state index contributed by atoms with van der Waals surface area (Å²) in [5.74, 6) is 0.539. The molecule has 0 saturated carbocycles. The summed E-state index contributed by atoms with van der Waals surface area (Å²) in [4.78, 5) is 17.8. The largest absolute Gasteiger partial charge is 0.409 e. The van der Waals surface area contributed by atoms with Crippen LogP contribution < -0.4 is 5.73 Å². The summed E-state index contributed by atoms with van der Waals surface area (Å²) in [5.41, 5.74) is 8.02. The SMILES string of the molecule is NC(=NO)c1cccc(-c2nc3ccc([N+](=O)[O-])cc3[nH]2)c1.